The van der Waals surface area contributed by atoms with Crippen LogP contribution in [0.15, 0.2) is 66.9 Å². The lowest BCUT2D eigenvalue weighted by molar-refractivity contribution is -0.121. The van der Waals surface area contributed by atoms with E-state index in [4.69, 9.17) is 4.74 Å². The molecular formula is C24H23N3O3. The monoisotopic (exact) mass is 401 g/mol. The van der Waals surface area contributed by atoms with Gasteiger partial charge in [0, 0.05) is 18.4 Å². The Kier molecular flexibility index (Phi) is 5.48. The van der Waals surface area contributed by atoms with Crippen LogP contribution >= 0.6 is 0 Å². The number of hydrogen-bond acceptors (Lipinski definition) is 4. The summed E-state index contributed by atoms with van der Waals surface area (Å²) in [5, 5.41) is 2.95. The van der Waals surface area contributed by atoms with Crippen molar-refractivity contribution in [3.8, 4) is 5.75 Å². The molecular weight excluding hydrogens is 378 g/mol. The summed E-state index contributed by atoms with van der Waals surface area (Å²) in [5.74, 6) is 0.466. The maximum atomic E-state index is 13.1. The second-order valence-corrected chi connectivity index (χ2v) is 7.30. The zero-order valence-electron chi connectivity index (χ0n) is 17.0. The number of rotatable bonds is 6. The zero-order chi connectivity index (χ0) is 21.1. The minimum atomic E-state index is -0.444. The van der Waals surface area contributed by atoms with Gasteiger partial charge >= 0.3 is 0 Å². The number of aryl methyl sites for hydroxylation is 1. The summed E-state index contributed by atoms with van der Waals surface area (Å²) in [5.41, 5.74) is 3.94. The lowest BCUT2D eigenvalue weighted by Gasteiger charge is -2.25. The van der Waals surface area contributed by atoms with Crippen LogP contribution in [0.25, 0.3) is 0 Å². The van der Waals surface area contributed by atoms with Crippen molar-refractivity contribution < 1.29 is 14.3 Å². The quantitative estimate of drug-likeness (QED) is 0.682. The molecule has 6 heteroatoms. The van der Waals surface area contributed by atoms with Crippen molar-refractivity contribution in [3.63, 3.8) is 0 Å². The molecule has 2 aromatic carbocycles. The minimum absolute atomic E-state index is 0.130. The Morgan fingerprint density at radius 3 is 2.77 bits per heavy atom. The number of anilines is 1. The smallest absolute Gasteiger partial charge is 0.260 e. The summed E-state index contributed by atoms with van der Waals surface area (Å²) in [7, 11) is 1.61. The summed E-state index contributed by atoms with van der Waals surface area (Å²) < 4.78 is 5.23. The molecule has 2 amide bonds. The fourth-order valence-electron chi connectivity index (χ4n) is 3.75. The Hall–Kier alpha value is -3.67. The van der Waals surface area contributed by atoms with Gasteiger partial charge in [-0.1, -0.05) is 24.3 Å². The molecule has 0 fully saturated rings. The number of benzene rings is 2. The molecule has 0 unspecified atom stereocenters. The highest BCUT2D eigenvalue weighted by atomic mass is 16.5. The fraction of sp³-hybridized carbons (Fsp3) is 0.208. The van der Waals surface area contributed by atoms with Crippen molar-refractivity contribution in [1.82, 2.24) is 10.3 Å². The summed E-state index contributed by atoms with van der Waals surface area (Å²) in [6, 6.07) is 18.3. The Bertz CT molecular complexity index is 1100. The molecule has 2 heterocycles. The standard InChI is InChI=1S/C24H23N3O3/c1-16-6-3-8-18(12-16)27-21(23-20(24(27)29)10-5-11-25-23)14-22(28)26-15-17-7-4-9-19(13-17)30-2/h3-13,21H,14-15H2,1-2H3,(H,26,28)/t21-/m1/s1. The Balaban J connectivity index is 1.55. The van der Waals surface area contributed by atoms with Gasteiger partial charge in [-0.05, 0) is 54.4 Å². The van der Waals surface area contributed by atoms with Gasteiger partial charge in [0.05, 0.1) is 30.8 Å². The number of ether oxygens (including phenoxy) is 1. The Labute approximate surface area is 175 Å². The van der Waals surface area contributed by atoms with Gasteiger partial charge in [0.2, 0.25) is 5.91 Å². The Morgan fingerprint density at radius 2 is 1.97 bits per heavy atom. The van der Waals surface area contributed by atoms with Gasteiger partial charge in [0.25, 0.3) is 5.91 Å². The van der Waals surface area contributed by atoms with Crippen molar-refractivity contribution in [3.05, 3.63) is 89.2 Å². The minimum Gasteiger partial charge on any atom is -0.497 e. The van der Waals surface area contributed by atoms with E-state index in [-0.39, 0.29) is 18.2 Å². The number of fused-ring (bicyclic) bond motifs is 1. The highest BCUT2D eigenvalue weighted by molar-refractivity contribution is 6.11. The van der Waals surface area contributed by atoms with E-state index in [2.05, 4.69) is 10.3 Å². The van der Waals surface area contributed by atoms with Gasteiger partial charge in [-0.3, -0.25) is 19.5 Å². The molecule has 3 aromatic rings. The van der Waals surface area contributed by atoms with Crippen LogP contribution in [0.5, 0.6) is 5.75 Å². The van der Waals surface area contributed by atoms with Gasteiger partial charge in [0.1, 0.15) is 5.75 Å². The third kappa shape index (κ3) is 3.89. The summed E-state index contributed by atoms with van der Waals surface area (Å²) in [6.07, 6.45) is 1.79. The Morgan fingerprint density at radius 1 is 1.13 bits per heavy atom. The molecule has 1 aromatic heterocycles. The fourth-order valence-corrected chi connectivity index (χ4v) is 3.75. The number of nitrogens with zero attached hydrogens (tertiary/aromatic N) is 2. The maximum Gasteiger partial charge on any atom is 0.260 e. The van der Waals surface area contributed by atoms with E-state index in [1.807, 2.05) is 55.5 Å². The van der Waals surface area contributed by atoms with Crippen molar-refractivity contribution >= 4 is 17.5 Å². The molecule has 1 aliphatic rings. The van der Waals surface area contributed by atoms with Crippen molar-refractivity contribution in [2.75, 3.05) is 12.0 Å². The number of amides is 2. The van der Waals surface area contributed by atoms with Gasteiger partial charge in [-0.25, -0.2) is 0 Å². The van der Waals surface area contributed by atoms with Crippen LogP contribution in [-0.2, 0) is 11.3 Å². The molecule has 1 aliphatic heterocycles. The third-order valence-electron chi connectivity index (χ3n) is 5.20. The zero-order valence-corrected chi connectivity index (χ0v) is 17.0. The van der Waals surface area contributed by atoms with Gasteiger partial charge < -0.3 is 10.1 Å². The normalized spacial score (nSPS) is 15.1. The van der Waals surface area contributed by atoms with Crippen molar-refractivity contribution in [2.45, 2.75) is 25.9 Å². The average molecular weight is 401 g/mol. The average Bonchev–Trinajstić information content (AvgIpc) is 3.04. The van der Waals surface area contributed by atoms with E-state index < -0.39 is 6.04 Å². The number of pyridine rings is 1. The second-order valence-electron chi connectivity index (χ2n) is 7.30. The van der Waals surface area contributed by atoms with E-state index in [0.29, 0.717) is 17.8 Å². The van der Waals surface area contributed by atoms with Crippen LogP contribution in [0.1, 0.15) is 39.6 Å². The highest BCUT2D eigenvalue weighted by Gasteiger charge is 2.39. The molecule has 0 saturated heterocycles. The SMILES string of the molecule is COc1cccc(CNC(=O)C[C@@H]2c3ncccc3C(=O)N2c2cccc(C)c2)c1. The van der Waals surface area contributed by atoms with Crippen LogP contribution in [0.4, 0.5) is 5.69 Å². The molecule has 0 radical (unpaired) electrons. The number of carbonyl (C=O) groups excluding carboxylic acids is 2. The second kappa shape index (κ2) is 8.37. The predicted octanol–water partition coefficient (Wildman–Crippen LogP) is 3.81. The van der Waals surface area contributed by atoms with E-state index in [0.717, 1.165) is 22.6 Å². The van der Waals surface area contributed by atoms with Crippen LogP contribution in [-0.4, -0.2) is 23.9 Å². The van der Waals surface area contributed by atoms with E-state index in [9.17, 15) is 9.59 Å². The first-order chi connectivity index (χ1) is 14.6. The number of carbonyl (C=O) groups is 2. The summed E-state index contributed by atoms with van der Waals surface area (Å²) in [6.45, 7) is 2.36. The van der Waals surface area contributed by atoms with Crippen LogP contribution in [0.3, 0.4) is 0 Å². The lowest BCUT2D eigenvalue weighted by atomic mass is 10.1. The van der Waals surface area contributed by atoms with Gasteiger partial charge in [0.15, 0.2) is 0 Å². The van der Waals surface area contributed by atoms with Crippen molar-refractivity contribution in [2.24, 2.45) is 0 Å². The van der Waals surface area contributed by atoms with E-state index in [1.165, 1.54) is 0 Å². The molecule has 0 spiro atoms. The first-order valence-corrected chi connectivity index (χ1v) is 9.81. The first-order valence-electron chi connectivity index (χ1n) is 9.81. The van der Waals surface area contributed by atoms with Crippen LogP contribution < -0.4 is 15.0 Å². The predicted molar refractivity (Wildman–Crippen MR) is 114 cm³/mol. The van der Waals surface area contributed by atoms with Crippen LogP contribution in [0.2, 0.25) is 0 Å². The molecule has 152 valence electrons. The number of methoxy groups -OCH3 is 1. The van der Waals surface area contributed by atoms with E-state index in [1.54, 1.807) is 30.3 Å². The molecule has 30 heavy (non-hydrogen) atoms. The first kappa shape index (κ1) is 19.6. The van der Waals surface area contributed by atoms with Gasteiger partial charge in [-0.2, -0.15) is 0 Å². The van der Waals surface area contributed by atoms with E-state index >= 15 is 0 Å². The summed E-state index contributed by atoms with van der Waals surface area (Å²) in [4.78, 5) is 32.0. The molecule has 1 atom stereocenters. The van der Waals surface area contributed by atoms with Crippen molar-refractivity contribution in [1.29, 1.82) is 0 Å². The van der Waals surface area contributed by atoms with Crippen LogP contribution in [0, 0.1) is 6.92 Å². The molecule has 0 bridgehead atoms. The number of nitrogens with one attached hydrogen (secondary N) is 1. The summed E-state index contributed by atoms with van der Waals surface area (Å²) >= 11 is 0. The largest absolute Gasteiger partial charge is 0.497 e. The van der Waals surface area contributed by atoms with Gasteiger partial charge in [-0.15, -0.1) is 0 Å². The topological polar surface area (TPSA) is 71.5 Å². The number of hydrogen-bond donors (Lipinski definition) is 1. The lowest BCUT2D eigenvalue weighted by Crippen LogP contribution is -2.33. The molecule has 0 saturated carbocycles. The number of aromatic nitrogens is 1. The molecule has 1 N–H and O–H groups in total. The molecule has 4 rings (SSSR count). The third-order valence-corrected chi connectivity index (χ3v) is 5.20. The molecule has 0 aliphatic carbocycles. The molecule has 6 nitrogen and oxygen atoms in total. The highest BCUT2D eigenvalue weighted by Crippen LogP contribution is 2.38. The maximum absolute atomic E-state index is 13.1.